The zero-order valence-electron chi connectivity index (χ0n) is 7.34. The Balaban J connectivity index is 2.21. The Morgan fingerprint density at radius 3 is 2.17 bits per heavy atom. The molecule has 0 aromatic heterocycles. The van der Waals surface area contributed by atoms with Crippen LogP contribution in [-0.4, -0.2) is 30.3 Å². The lowest BCUT2D eigenvalue weighted by atomic mass is 9.91. The normalized spacial score (nSPS) is 29.8. The van der Waals surface area contributed by atoms with E-state index in [1.54, 1.807) is 0 Å². The minimum Gasteiger partial charge on any atom is -0.465 e. The van der Waals surface area contributed by atoms with Crippen LogP contribution >= 0.6 is 0 Å². The highest BCUT2D eigenvalue weighted by Crippen LogP contribution is 2.17. The van der Waals surface area contributed by atoms with Gasteiger partial charge in [0.05, 0.1) is 0 Å². The van der Waals surface area contributed by atoms with Crippen LogP contribution in [0.2, 0.25) is 0 Å². The lowest BCUT2D eigenvalue weighted by Crippen LogP contribution is -2.40. The zero-order chi connectivity index (χ0) is 8.97. The summed E-state index contributed by atoms with van der Waals surface area (Å²) in [6, 6.07) is 0.754. The summed E-state index contributed by atoms with van der Waals surface area (Å²) in [4.78, 5) is 10.3. The smallest absolute Gasteiger partial charge is 0.404 e. The highest BCUT2D eigenvalue weighted by Gasteiger charge is 2.20. The average molecular weight is 172 g/mol. The van der Waals surface area contributed by atoms with Crippen LogP contribution in [0, 0.1) is 0 Å². The first kappa shape index (κ1) is 9.32. The Morgan fingerprint density at radius 2 is 1.75 bits per heavy atom. The van der Waals surface area contributed by atoms with Gasteiger partial charge >= 0.3 is 6.09 Å². The molecule has 4 heteroatoms. The summed E-state index contributed by atoms with van der Waals surface area (Å²) in [5.74, 6) is 0. The predicted octanol–water partition coefficient (Wildman–Crippen LogP) is 0.785. The van der Waals surface area contributed by atoms with Gasteiger partial charge in [-0.25, -0.2) is 4.79 Å². The summed E-state index contributed by atoms with van der Waals surface area (Å²) >= 11 is 0. The molecule has 0 unspecified atom stereocenters. The fourth-order valence-electron chi connectivity index (χ4n) is 1.70. The van der Waals surface area contributed by atoms with Crippen molar-refractivity contribution in [2.45, 2.75) is 37.8 Å². The zero-order valence-corrected chi connectivity index (χ0v) is 7.34. The van der Waals surface area contributed by atoms with Crippen LogP contribution < -0.4 is 10.6 Å². The molecule has 0 atom stereocenters. The van der Waals surface area contributed by atoms with Crippen molar-refractivity contribution in [2.24, 2.45) is 0 Å². The molecule has 70 valence electrons. The van der Waals surface area contributed by atoms with Crippen molar-refractivity contribution in [1.82, 2.24) is 10.6 Å². The van der Waals surface area contributed by atoms with Crippen molar-refractivity contribution in [1.29, 1.82) is 0 Å². The average Bonchev–Trinajstić information content (AvgIpc) is 2.05. The summed E-state index contributed by atoms with van der Waals surface area (Å²) in [7, 11) is 1.95. The van der Waals surface area contributed by atoms with Gasteiger partial charge in [0.15, 0.2) is 0 Å². The topological polar surface area (TPSA) is 61.4 Å². The van der Waals surface area contributed by atoms with Gasteiger partial charge in [0.25, 0.3) is 0 Å². The predicted molar refractivity (Wildman–Crippen MR) is 46.3 cm³/mol. The van der Waals surface area contributed by atoms with Gasteiger partial charge in [-0.3, -0.25) is 0 Å². The van der Waals surface area contributed by atoms with E-state index in [4.69, 9.17) is 5.11 Å². The van der Waals surface area contributed by atoms with Crippen LogP contribution in [0.1, 0.15) is 25.7 Å². The molecule has 1 saturated carbocycles. The third-order valence-electron chi connectivity index (χ3n) is 2.46. The van der Waals surface area contributed by atoms with Gasteiger partial charge in [0.1, 0.15) is 0 Å². The number of carboxylic acid groups (broad SMARTS) is 1. The Labute approximate surface area is 72.3 Å². The first-order chi connectivity index (χ1) is 5.72. The van der Waals surface area contributed by atoms with Crippen molar-refractivity contribution in [3.05, 3.63) is 0 Å². The fourth-order valence-corrected chi connectivity index (χ4v) is 1.70. The molecule has 1 aliphatic carbocycles. The summed E-state index contributed by atoms with van der Waals surface area (Å²) in [5.41, 5.74) is 0. The third-order valence-corrected chi connectivity index (χ3v) is 2.46. The van der Waals surface area contributed by atoms with Gasteiger partial charge in [-0.15, -0.1) is 0 Å². The number of hydrogen-bond donors (Lipinski definition) is 3. The molecule has 0 bridgehead atoms. The largest absolute Gasteiger partial charge is 0.465 e. The molecule has 4 nitrogen and oxygen atoms in total. The molecule has 3 N–H and O–H groups in total. The first-order valence-corrected chi connectivity index (χ1v) is 4.39. The van der Waals surface area contributed by atoms with Crippen LogP contribution in [0.5, 0.6) is 0 Å². The Kier molecular flexibility index (Phi) is 3.34. The maximum atomic E-state index is 10.3. The van der Waals surface area contributed by atoms with E-state index in [1.807, 2.05) is 7.05 Å². The number of rotatable bonds is 2. The van der Waals surface area contributed by atoms with Gasteiger partial charge in [-0.2, -0.15) is 0 Å². The molecule has 1 amide bonds. The number of carbonyl (C=O) groups is 1. The van der Waals surface area contributed by atoms with Crippen LogP contribution in [0.15, 0.2) is 0 Å². The molecule has 1 aliphatic rings. The van der Waals surface area contributed by atoms with Crippen molar-refractivity contribution >= 4 is 6.09 Å². The first-order valence-electron chi connectivity index (χ1n) is 4.39. The van der Waals surface area contributed by atoms with Gasteiger partial charge in [-0.05, 0) is 32.7 Å². The van der Waals surface area contributed by atoms with Gasteiger partial charge < -0.3 is 15.7 Å². The molecular formula is C8H16N2O2. The van der Waals surface area contributed by atoms with E-state index in [-0.39, 0.29) is 6.04 Å². The Bertz CT molecular complexity index is 153. The number of nitrogens with one attached hydrogen (secondary N) is 2. The standard InChI is InChI=1S/C8H16N2O2/c1-9-6-2-4-7(5-3-6)10-8(11)12/h6-7,9-10H,2-5H2,1H3,(H,11,12)/t6-,7+. The van der Waals surface area contributed by atoms with Crippen LogP contribution in [0.4, 0.5) is 4.79 Å². The maximum absolute atomic E-state index is 10.3. The molecule has 0 aliphatic heterocycles. The van der Waals surface area contributed by atoms with E-state index in [0.717, 1.165) is 25.7 Å². The molecular weight excluding hydrogens is 156 g/mol. The molecule has 12 heavy (non-hydrogen) atoms. The van der Waals surface area contributed by atoms with Crippen molar-refractivity contribution in [2.75, 3.05) is 7.05 Å². The minimum absolute atomic E-state index is 0.173. The van der Waals surface area contributed by atoms with E-state index in [0.29, 0.717) is 6.04 Å². The Hall–Kier alpha value is -0.770. The molecule has 0 heterocycles. The van der Waals surface area contributed by atoms with Gasteiger partial charge in [0.2, 0.25) is 0 Å². The summed E-state index contributed by atoms with van der Waals surface area (Å²) in [5, 5.41) is 14.2. The summed E-state index contributed by atoms with van der Waals surface area (Å²) < 4.78 is 0. The number of hydrogen-bond acceptors (Lipinski definition) is 2. The highest BCUT2D eigenvalue weighted by atomic mass is 16.4. The molecule has 0 radical (unpaired) electrons. The molecule has 1 fully saturated rings. The van der Waals surface area contributed by atoms with E-state index in [1.165, 1.54) is 0 Å². The second kappa shape index (κ2) is 4.30. The van der Waals surface area contributed by atoms with Crippen molar-refractivity contribution in [3.8, 4) is 0 Å². The lowest BCUT2D eigenvalue weighted by molar-refractivity contribution is 0.184. The van der Waals surface area contributed by atoms with Gasteiger partial charge in [0, 0.05) is 12.1 Å². The molecule has 0 aromatic carbocycles. The van der Waals surface area contributed by atoms with Crippen molar-refractivity contribution < 1.29 is 9.90 Å². The van der Waals surface area contributed by atoms with Crippen LogP contribution in [0.3, 0.4) is 0 Å². The second-order valence-electron chi connectivity index (χ2n) is 3.29. The lowest BCUT2D eigenvalue weighted by Gasteiger charge is -2.27. The van der Waals surface area contributed by atoms with E-state index < -0.39 is 6.09 Å². The monoisotopic (exact) mass is 172 g/mol. The maximum Gasteiger partial charge on any atom is 0.404 e. The molecule has 0 spiro atoms. The fraction of sp³-hybridized carbons (Fsp3) is 0.875. The number of amides is 1. The third kappa shape index (κ3) is 2.70. The SMILES string of the molecule is CN[C@H]1CC[C@@H](NC(=O)O)CC1. The molecule has 0 aromatic rings. The van der Waals surface area contributed by atoms with E-state index >= 15 is 0 Å². The van der Waals surface area contributed by atoms with Crippen LogP contribution in [0.25, 0.3) is 0 Å². The van der Waals surface area contributed by atoms with E-state index in [9.17, 15) is 4.79 Å². The highest BCUT2D eigenvalue weighted by molar-refractivity contribution is 5.64. The van der Waals surface area contributed by atoms with Gasteiger partial charge in [-0.1, -0.05) is 0 Å². The van der Waals surface area contributed by atoms with Crippen LogP contribution in [-0.2, 0) is 0 Å². The summed E-state index contributed by atoms with van der Waals surface area (Å²) in [6.07, 6.45) is 3.15. The summed E-state index contributed by atoms with van der Waals surface area (Å²) in [6.45, 7) is 0. The van der Waals surface area contributed by atoms with E-state index in [2.05, 4.69) is 10.6 Å². The molecule has 1 rings (SSSR count). The quantitative estimate of drug-likeness (QED) is 0.577. The second-order valence-corrected chi connectivity index (χ2v) is 3.29. The Morgan fingerprint density at radius 1 is 1.25 bits per heavy atom. The minimum atomic E-state index is -0.900. The molecule has 0 saturated heterocycles. The van der Waals surface area contributed by atoms with Crippen molar-refractivity contribution in [3.63, 3.8) is 0 Å².